The van der Waals surface area contributed by atoms with E-state index in [1.54, 1.807) is 0 Å². The molecular formula is C15H20F2IN3O. The van der Waals surface area contributed by atoms with E-state index in [9.17, 15) is 8.78 Å². The Morgan fingerprint density at radius 1 is 1.23 bits per heavy atom. The summed E-state index contributed by atoms with van der Waals surface area (Å²) in [6, 6.07) is 3.98. The van der Waals surface area contributed by atoms with Gasteiger partial charge in [0.15, 0.2) is 5.96 Å². The SMILES string of the molecule is I.NC(=NCC1(c2c(F)cccc2F)CC1)N1CCOCC1. The van der Waals surface area contributed by atoms with Gasteiger partial charge in [0.2, 0.25) is 0 Å². The molecule has 1 aromatic carbocycles. The van der Waals surface area contributed by atoms with Crippen molar-refractivity contribution in [2.45, 2.75) is 18.3 Å². The second-order valence-corrected chi connectivity index (χ2v) is 5.65. The smallest absolute Gasteiger partial charge is 0.191 e. The molecule has 0 radical (unpaired) electrons. The molecule has 0 spiro atoms. The van der Waals surface area contributed by atoms with Crippen molar-refractivity contribution in [2.75, 3.05) is 32.8 Å². The topological polar surface area (TPSA) is 50.8 Å². The number of nitrogens with zero attached hydrogens (tertiary/aromatic N) is 2. The second-order valence-electron chi connectivity index (χ2n) is 5.65. The van der Waals surface area contributed by atoms with Crippen LogP contribution in [0.25, 0.3) is 0 Å². The highest BCUT2D eigenvalue weighted by atomic mass is 127. The number of morpholine rings is 1. The molecule has 1 saturated carbocycles. The Morgan fingerprint density at radius 2 is 1.82 bits per heavy atom. The predicted octanol–water partition coefficient (Wildman–Crippen LogP) is 2.26. The zero-order valence-corrected chi connectivity index (χ0v) is 14.6. The Morgan fingerprint density at radius 3 is 2.36 bits per heavy atom. The standard InChI is InChI=1S/C15H19F2N3O.HI/c16-11-2-1-3-12(17)13(11)15(4-5-15)10-19-14(18)20-6-8-21-9-7-20;/h1-3H,4-10H2,(H2,18,19);1H. The highest BCUT2D eigenvalue weighted by Crippen LogP contribution is 2.50. The Hall–Kier alpha value is -0.960. The zero-order valence-electron chi connectivity index (χ0n) is 12.2. The van der Waals surface area contributed by atoms with Crippen LogP contribution in [0.3, 0.4) is 0 Å². The zero-order chi connectivity index (χ0) is 14.9. The van der Waals surface area contributed by atoms with Gasteiger partial charge in [-0.2, -0.15) is 0 Å². The van der Waals surface area contributed by atoms with Gasteiger partial charge in [-0.25, -0.2) is 8.78 Å². The van der Waals surface area contributed by atoms with Gasteiger partial charge in [-0.3, -0.25) is 4.99 Å². The molecule has 2 aliphatic rings. The average molecular weight is 423 g/mol. The highest BCUT2D eigenvalue weighted by Gasteiger charge is 2.47. The first kappa shape index (κ1) is 17.4. The fraction of sp³-hybridized carbons (Fsp3) is 0.533. The summed E-state index contributed by atoms with van der Waals surface area (Å²) in [6.45, 7) is 2.99. The van der Waals surface area contributed by atoms with Crippen molar-refractivity contribution in [1.82, 2.24) is 4.90 Å². The molecule has 1 aliphatic carbocycles. The van der Waals surface area contributed by atoms with E-state index in [0.29, 0.717) is 38.8 Å². The number of ether oxygens (including phenoxy) is 1. The summed E-state index contributed by atoms with van der Waals surface area (Å²) in [5.41, 5.74) is 5.60. The normalized spacial score (nSPS) is 20.5. The minimum Gasteiger partial charge on any atom is -0.378 e. The lowest BCUT2D eigenvalue weighted by atomic mass is 9.95. The highest BCUT2D eigenvalue weighted by molar-refractivity contribution is 14.0. The lowest BCUT2D eigenvalue weighted by Gasteiger charge is -2.28. The number of aliphatic imine (C=N–C) groups is 1. The van der Waals surface area contributed by atoms with E-state index >= 15 is 0 Å². The van der Waals surface area contributed by atoms with Crippen LogP contribution < -0.4 is 5.73 Å². The third kappa shape index (κ3) is 3.51. The predicted molar refractivity (Wildman–Crippen MR) is 91.6 cm³/mol. The van der Waals surface area contributed by atoms with Crippen molar-refractivity contribution in [2.24, 2.45) is 10.7 Å². The van der Waals surface area contributed by atoms with Crippen LogP contribution in [0.4, 0.5) is 8.78 Å². The summed E-state index contributed by atoms with van der Waals surface area (Å²) >= 11 is 0. The van der Waals surface area contributed by atoms with Gasteiger partial charge in [0.1, 0.15) is 11.6 Å². The molecule has 2 N–H and O–H groups in total. The van der Waals surface area contributed by atoms with Crippen molar-refractivity contribution >= 4 is 29.9 Å². The number of rotatable bonds is 3. The van der Waals surface area contributed by atoms with Gasteiger partial charge >= 0.3 is 0 Å². The molecule has 1 aromatic rings. The number of hydrogen-bond acceptors (Lipinski definition) is 2. The van der Waals surface area contributed by atoms with E-state index in [2.05, 4.69) is 4.99 Å². The first-order chi connectivity index (χ1) is 10.1. The first-order valence-electron chi connectivity index (χ1n) is 7.19. The van der Waals surface area contributed by atoms with Gasteiger partial charge < -0.3 is 15.4 Å². The second kappa shape index (κ2) is 7.08. The van der Waals surface area contributed by atoms with Crippen molar-refractivity contribution in [3.05, 3.63) is 35.4 Å². The van der Waals surface area contributed by atoms with Crippen LogP contribution in [-0.4, -0.2) is 43.7 Å². The lowest BCUT2D eigenvalue weighted by Crippen LogP contribution is -2.45. The van der Waals surface area contributed by atoms with E-state index in [1.807, 2.05) is 4.90 Å². The van der Waals surface area contributed by atoms with Crippen LogP contribution in [0.2, 0.25) is 0 Å². The number of hydrogen-bond donors (Lipinski definition) is 1. The quantitative estimate of drug-likeness (QED) is 0.461. The van der Waals surface area contributed by atoms with Gasteiger partial charge in [-0.05, 0) is 25.0 Å². The number of benzene rings is 1. The Labute approximate surface area is 145 Å². The van der Waals surface area contributed by atoms with Crippen LogP contribution in [-0.2, 0) is 10.2 Å². The van der Waals surface area contributed by atoms with Gasteiger partial charge in [0, 0.05) is 24.1 Å². The molecule has 0 amide bonds. The van der Waals surface area contributed by atoms with Crippen molar-refractivity contribution in [1.29, 1.82) is 0 Å². The van der Waals surface area contributed by atoms with Crippen LogP contribution >= 0.6 is 24.0 Å². The van der Waals surface area contributed by atoms with Crippen LogP contribution in [0.15, 0.2) is 23.2 Å². The maximum absolute atomic E-state index is 13.9. The molecule has 3 rings (SSSR count). The molecule has 0 atom stereocenters. The molecule has 1 heterocycles. The minimum atomic E-state index is -0.521. The van der Waals surface area contributed by atoms with E-state index in [-0.39, 0.29) is 29.5 Å². The van der Waals surface area contributed by atoms with Crippen molar-refractivity contribution in [3.8, 4) is 0 Å². The summed E-state index contributed by atoms with van der Waals surface area (Å²) in [7, 11) is 0. The molecule has 1 saturated heterocycles. The molecule has 22 heavy (non-hydrogen) atoms. The van der Waals surface area contributed by atoms with Gasteiger partial charge in [-0.1, -0.05) is 6.07 Å². The summed E-state index contributed by atoms with van der Waals surface area (Å²) in [6.07, 6.45) is 1.48. The summed E-state index contributed by atoms with van der Waals surface area (Å²) in [5, 5.41) is 0. The number of nitrogens with two attached hydrogens (primary N) is 1. The van der Waals surface area contributed by atoms with Gasteiger partial charge in [-0.15, -0.1) is 24.0 Å². The number of guanidine groups is 1. The summed E-state index contributed by atoms with van der Waals surface area (Å²) < 4.78 is 33.1. The van der Waals surface area contributed by atoms with Crippen LogP contribution in [0.1, 0.15) is 18.4 Å². The largest absolute Gasteiger partial charge is 0.378 e. The number of halogens is 3. The molecule has 0 bridgehead atoms. The van der Waals surface area contributed by atoms with E-state index < -0.39 is 17.0 Å². The molecule has 7 heteroatoms. The fourth-order valence-corrected chi connectivity index (χ4v) is 2.77. The van der Waals surface area contributed by atoms with E-state index in [1.165, 1.54) is 18.2 Å². The molecule has 1 aliphatic heterocycles. The summed E-state index contributed by atoms with van der Waals surface area (Å²) in [4.78, 5) is 6.31. The molecular weight excluding hydrogens is 403 g/mol. The molecule has 0 unspecified atom stereocenters. The minimum absolute atomic E-state index is 0. The Balaban J connectivity index is 0.00000176. The van der Waals surface area contributed by atoms with Gasteiger partial charge in [0.25, 0.3) is 0 Å². The first-order valence-corrected chi connectivity index (χ1v) is 7.19. The maximum atomic E-state index is 13.9. The summed E-state index contributed by atoms with van der Waals surface area (Å²) in [5.74, 6) is -0.554. The third-order valence-electron chi connectivity index (χ3n) is 4.23. The van der Waals surface area contributed by atoms with Crippen LogP contribution in [0.5, 0.6) is 0 Å². The lowest BCUT2D eigenvalue weighted by molar-refractivity contribution is 0.0674. The fourth-order valence-electron chi connectivity index (χ4n) is 2.77. The molecule has 2 fully saturated rings. The van der Waals surface area contributed by atoms with Crippen molar-refractivity contribution in [3.63, 3.8) is 0 Å². The Bertz CT molecular complexity index is 537. The monoisotopic (exact) mass is 423 g/mol. The van der Waals surface area contributed by atoms with Crippen LogP contribution in [0, 0.1) is 11.6 Å². The third-order valence-corrected chi connectivity index (χ3v) is 4.23. The molecule has 0 aromatic heterocycles. The van der Waals surface area contributed by atoms with Crippen molar-refractivity contribution < 1.29 is 13.5 Å². The van der Waals surface area contributed by atoms with E-state index in [0.717, 1.165) is 12.8 Å². The average Bonchev–Trinajstić information content (AvgIpc) is 3.26. The van der Waals surface area contributed by atoms with E-state index in [4.69, 9.17) is 10.5 Å². The molecule has 122 valence electrons. The molecule has 4 nitrogen and oxygen atoms in total. The Kier molecular flexibility index (Phi) is 5.60. The van der Waals surface area contributed by atoms with Gasteiger partial charge in [0.05, 0.1) is 19.8 Å². The maximum Gasteiger partial charge on any atom is 0.191 e.